The van der Waals surface area contributed by atoms with Gasteiger partial charge in [0, 0.05) is 37.6 Å². The Morgan fingerprint density at radius 2 is 2.26 bits per heavy atom. The number of rotatable bonds is 5. The summed E-state index contributed by atoms with van der Waals surface area (Å²) in [4.78, 5) is 16.9. The number of pyridine rings is 1. The van der Waals surface area contributed by atoms with E-state index in [4.69, 9.17) is 5.11 Å². The minimum absolute atomic E-state index is 0.161. The number of aryl methyl sites for hydroxylation is 1. The zero-order chi connectivity index (χ0) is 13.7. The summed E-state index contributed by atoms with van der Waals surface area (Å²) < 4.78 is 0. The number of likely N-dealkylation sites (tertiary alicyclic amines) is 1. The summed E-state index contributed by atoms with van der Waals surface area (Å²) in [6.45, 7) is 4.73. The Morgan fingerprint density at radius 1 is 1.53 bits per heavy atom. The van der Waals surface area contributed by atoms with Crippen LogP contribution in [0.5, 0.6) is 0 Å². The lowest BCUT2D eigenvalue weighted by atomic mass is 10.0. The lowest BCUT2D eigenvalue weighted by Crippen LogP contribution is -2.44. The number of aliphatic carboxylic acids is 1. The van der Waals surface area contributed by atoms with E-state index in [0.29, 0.717) is 6.04 Å². The summed E-state index contributed by atoms with van der Waals surface area (Å²) >= 11 is 0. The second kappa shape index (κ2) is 6.63. The standard InChI is InChI=1S/C14H21N3O2/c1-11-12(3-2-6-15-11)9-16-13-4-7-17(8-5-13)10-14(18)19/h2-3,6,13,16H,4-5,7-10H2,1H3,(H,18,19). The van der Waals surface area contributed by atoms with Crippen molar-refractivity contribution in [3.63, 3.8) is 0 Å². The van der Waals surface area contributed by atoms with Gasteiger partial charge < -0.3 is 10.4 Å². The van der Waals surface area contributed by atoms with Crippen LogP contribution in [0.4, 0.5) is 0 Å². The summed E-state index contributed by atoms with van der Waals surface area (Å²) in [5, 5.41) is 12.3. The Hall–Kier alpha value is -1.46. The third-order valence-electron chi connectivity index (χ3n) is 3.64. The third-order valence-corrected chi connectivity index (χ3v) is 3.64. The van der Waals surface area contributed by atoms with Crippen molar-refractivity contribution >= 4 is 5.97 Å². The van der Waals surface area contributed by atoms with Gasteiger partial charge in [-0.1, -0.05) is 6.07 Å². The molecule has 1 aliphatic heterocycles. The second-order valence-corrected chi connectivity index (χ2v) is 5.07. The second-order valence-electron chi connectivity index (χ2n) is 5.07. The molecule has 2 heterocycles. The van der Waals surface area contributed by atoms with E-state index in [1.807, 2.05) is 24.1 Å². The Bertz CT molecular complexity index is 428. The number of piperidine rings is 1. The van der Waals surface area contributed by atoms with E-state index in [2.05, 4.69) is 16.4 Å². The molecule has 0 atom stereocenters. The highest BCUT2D eigenvalue weighted by Crippen LogP contribution is 2.11. The van der Waals surface area contributed by atoms with Crippen molar-refractivity contribution in [3.05, 3.63) is 29.6 Å². The highest BCUT2D eigenvalue weighted by Gasteiger charge is 2.20. The van der Waals surface area contributed by atoms with Gasteiger partial charge in [0.05, 0.1) is 6.54 Å². The molecule has 1 aromatic rings. The predicted molar refractivity (Wildman–Crippen MR) is 72.9 cm³/mol. The van der Waals surface area contributed by atoms with Crippen molar-refractivity contribution in [2.45, 2.75) is 32.4 Å². The summed E-state index contributed by atoms with van der Waals surface area (Å²) in [5.74, 6) is -0.739. The Balaban J connectivity index is 1.74. The van der Waals surface area contributed by atoms with Crippen LogP contribution in [0.2, 0.25) is 0 Å². The zero-order valence-electron chi connectivity index (χ0n) is 11.3. The molecular formula is C14H21N3O2. The van der Waals surface area contributed by atoms with Gasteiger partial charge in [0.25, 0.3) is 0 Å². The lowest BCUT2D eigenvalue weighted by molar-refractivity contribution is -0.138. The maximum absolute atomic E-state index is 10.6. The van der Waals surface area contributed by atoms with E-state index in [-0.39, 0.29) is 6.54 Å². The van der Waals surface area contributed by atoms with Crippen LogP contribution in [0.1, 0.15) is 24.1 Å². The van der Waals surface area contributed by atoms with E-state index < -0.39 is 5.97 Å². The summed E-state index contributed by atoms with van der Waals surface area (Å²) in [5.41, 5.74) is 2.30. The van der Waals surface area contributed by atoms with Crippen molar-refractivity contribution in [3.8, 4) is 0 Å². The molecular weight excluding hydrogens is 242 g/mol. The Labute approximate surface area is 113 Å². The fraction of sp³-hybridized carbons (Fsp3) is 0.571. The van der Waals surface area contributed by atoms with Gasteiger partial charge in [-0.2, -0.15) is 0 Å². The van der Waals surface area contributed by atoms with E-state index in [1.54, 1.807) is 0 Å². The van der Waals surface area contributed by atoms with Crippen LogP contribution in [0, 0.1) is 6.92 Å². The van der Waals surface area contributed by atoms with Crippen LogP contribution in [-0.2, 0) is 11.3 Å². The number of carboxylic acid groups (broad SMARTS) is 1. The molecule has 0 radical (unpaired) electrons. The lowest BCUT2D eigenvalue weighted by Gasteiger charge is -2.31. The van der Waals surface area contributed by atoms with Gasteiger partial charge >= 0.3 is 5.97 Å². The van der Waals surface area contributed by atoms with Crippen LogP contribution in [0.25, 0.3) is 0 Å². The van der Waals surface area contributed by atoms with Gasteiger partial charge in [-0.25, -0.2) is 0 Å². The number of hydrogen-bond donors (Lipinski definition) is 2. The molecule has 5 heteroatoms. The van der Waals surface area contributed by atoms with Gasteiger partial charge in [-0.05, 0) is 31.4 Å². The monoisotopic (exact) mass is 263 g/mol. The molecule has 0 aliphatic carbocycles. The average molecular weight is 263 g/mol. The fourth-order valence-electron chi connectivity index (χ4n) is 2.45. The van der Waals surface area contributed by atoms with Gasteiger partial charge in [0.2, 0.25) is 0 Å². The molecule has 1 aromatic heterocycles. The number of nitrogens with zero attached hydrogens (tertiary/aromatic N) is 2. The number of aromatic nitrogens is 1. The first-order valence-corrected chi connectivity index (χ1v) is 6.73. The minimum atomic E-state index is -0.739. The first-order chi connectivity index (χ1) is 9.15. The number of hydrogen-bond acceptors (Lipinski definition) is 4. The van der Waals surface area contributed by atoms with Crippen LogP contribution in [0.3, 0.4) is 0 Å². The number of carboxylic acids is 1. The molecule has 0 saturated carbocycles. The van der Waals surface area contributed by atoms with Crippen LogP contribution < -0.4 is 5.32 Å². The first-order valence-electron chi connectivity index (χ1n) is 6.73. The molecule has 1 saturated heterocycles. The van der Waals surface area contributed by atoms with Crippen LogP contribution >= 0.6 is 0 Å². The molecule has 19 heavy (non-hydrogen) atoms. The van der Waals surface area contributed by atoms with Gasteiger partial charge in [-0.3, -0.25) is 14.7 Å². The van der Waals surface area contributed by atoms with Crippen molar-refractivity contribution in [2.24, 2.45) is 0 Å². The van der Waals surface area contributed by atoms with E-state index in [0.717, 1.165) is 38.2 Å². The maximum atomic E-state index is 10.6. The van der Waals surface area contributed by atoms with E-state index in [1.165, 1.54) is 5.56 Å². The predicted octanol–water partition coefficient (Wildman–Crippen LogP) is 1.03. The van der Waals surface area contributed by atoms with E-state index >= 15 is 0 Å². The van der Waals surface area contributed by atoms with Crippen LogP contribution in [0.15, 0.2) is 18.3 Å². The molecule has 0 aromatic carbocycles. The maximum Gasteiger partial charge on any atom is 0.317 e. The molecule has 0 bridgehead atoms. The smallest absolute Gasteiger partial charge is 0.317 e. The SMILES string of the molecule is Cc1ncccc1CNC1CCN(CC(=O)O)CC1. The number of carbonyl (C=O) groups is 1. The quantitative estimate of drug-likeness (QED) is 0.830. The highest BCUT2D eigenvalue weighted by atomic mass is 16.4. The molecule has 0 unspecified atom stereocenters. The zero-order valence-corrected chi connectivity index (χ0v) is 11.3. The Kier molecular flexibility index (Phi) is 4.87. The van der Waals surface area contributed by atoms with E-state index in [9.17, 15) is 4.79 Å². The number of nitrogens with one attached hydrogen (secondary N) is 1. The topological polar surface area (TPSA) is 65.5 Å². The first kappa shape index (κ1) is 14.0. The average Bonchev–Trinajstić information content (AvgIpc) is 2.39. The molecule has 2 rings (SSSR count). The molecule has 1 fully saturated rings. The minimum Gasteiger partial charge on any atom is -0.480 e. The fourth-order valence-corrected chi connectivity index (χ4v) is 2.45. The summed E-state index contributed by atoms with van der Waals surface area (Å²) in [7, 11) is 0. The third kappa shape index (κ3) is 4.29. The van der Waals surface area contributed by atoms with Gasteiger partial charge in [0.1, 0.15) is 0 Å². The molecule has 2 N–H and O–H groups in total. The summed E-state index contributed by atoms with van der Waals surface area (Å²) in [6.07, 6.45) is 3.82. The summed E-state index contributed by atoms with van der Waals surface area (Å²) in [6, 6.07) is 4.53. The van der Waals surface area contributed by atoms with Crippen molar-refractivity contribution in [1.82, 2.24) is 15.2 Å². The van der Waals surface area contributed by atoms with Crippen molar-refractivity contribution in [2.75, 3.05) is 19.6 Å². The largest absolute Gasteiger partial charge is 0.480 e. The van der Waals surface area contributed by atoms with Crippen molar-refractivity contribution < 1.29 is 9.90 Å². The highest BCUT2D eigenvalue weighted by molar-refractivity contribution is 5.69. The van der Waals surface area contributed by atoms with Gasteiger partial charge in [0.15, 0.2) is 0 Å². The van der Waals surface area contributed by atoms with Crippen molar-refractivity contribution in [1.29, 1.82) is 0 Å². The van der Waals surface area contributed by atoms with Crippen LogP contribution in [-0.4, -0.2) is 46.6 Å². The normalized spacial score (nSPS) is 17.5. The molecule has 0 spiro atoms. The van der Waals surface area contributed by atoms with Gasteiger partial charge in [-0.15, -0.1) is 0 Å². The molecule has 5 nitrogen and oxygen atoms in total. The molecule has 1 aliphatic rings. The Morgan fingerprint density at radius 3 is 2.89 bits per heavy atom. The molecule has 0 amide bonds. The molecule has 104 valence electrons.